The Kier molecular flexibility index (Phi) is 3.73. The fourth-order valence-corrected chi connectivity index (χ4v) is 4.94. The first-order chi connectivity index (χ1) is 12.0. The monoisotopic (exact) mass is 349 g/mol. The molecule has 126 valence electrons. The fourth-order valence-electron chi connectivity index (χ4n) is 3.72. The summed E-state index contributed by atoms with van der Waals surface area (Å²) in [4.78, 5) is 19.9. The Morgan fingerprint density at radius 1 is 1.32 bits per heavy atom. The van der Waals surface area contributed by atoms with Crippen LogP contribution in [-0.4, -0.2) is 11.6 Å². The van der Waals surface area contributed by atoms with Crippen LogP contribution in [0, 0.1) is 23.2 Å². The quantitative estimate of drug-likeness (QED) is 0.914. The number of rotatable bonds is 3. The summed E-state index contributed by atoms with van der Waals surface area (Å²) in [6.45, 7) is 1.95. The third-order valence-electron chi connectivity index (χ3n) is 5.08. The third-order valence-corrected chi connectivity index (χ3v) is 6.34. The summed E-state index contributed by atoms with van der Waals surface area (Å²) in [5, 5.41) is 9.11. The van der Waals surface area contributed by atoms with Gasteiger partial charge in [-0.25, -0.2) is 0 Å². The molecule has 2 N–H and O–H groups in total. The normalized spacial score (nSPS) is 26.2. The highest BCUT2D eigenvalue weighted by Crippen LogP contribution is 2.54. The lowest BCUT2D eigenvalue weighted by Crippen LogP contribution is -2.45. The highest BCUT2D eigenvalue weighted by Gasteiger charge is 2.55. The Bertz CT molecular complexity index is 919. The topological polar surface area (TPSA) is 79.2 Å². The van der Waals surface area contributed by atoms with Gasteiger partial charge in [0.1, 0.15) is 0 Å². The van der Waals surface area contributed by atoms with Crippen LogP contribution in [-0.2, 0) is 10.3 Å². The lowest BCUT2D eigenvalue weighted by molar-refractivity contribution is -0.129. The zero-order valence-corrected chi connectivity index (χ0v) is 14.8. The molecule has 4 nitrogen and oxygen atoms in total. The molecule has 25 heavy (non-hydrogen) atoms. The van der Waals surface area contributed by atoms with Gasteiger partial charge >= 0.3 is 0 Å². The van der Waals surface area contributed by atoms with Crippen molar-refractivity contribution in [1.29, 1.82) is 5.26 Å². The molecule has 2 unspecified atom stereocenters. The molecule has 5 heteroatoms. The number of ketones is 1. The number of amidine groups is 1. The van der Waals surface area contributed by atoms with E-state index in [4.69, 9.17) is 16.0 Å². The van der Waals surface area contributed by atoms with Gasteiger partial charge < -0.3 is 5.73 Å². The molecule has 1 aromatic carbocycles. The maximum atomic E-state index is 13.1. The van der Waals surface area contributed by atoms with Crippen molar-refractivity contribution in [2.24, 2.45) is 22.6 Å². The first kappa shape index (κ1) is 16.0. The molecule has 1 aliphatic heterocycles. The molecule has 1 aromatic heterocycles. The molecule has 0 spiro atoms. The SMILES string of the molecule is CC1CC(N)=NC(c2ccc(-c3cccc(C#N)c3)s2)(C2CC2)C1=O. The molecule has 2 atom stereocenters. The van der Waals surface area contributed by atoms with E-state index >= 15 is 0 Å². The van der Waals surface area contributed by atoms with Gasteiger partial charge in [0.2, 0.25) is 0 Å². The van der Waals surface area contributed by atoms with Crippen molar-refractivity contribution < 1.29 is 4.79 Å². The van der Waals surface area contributed by atoms with Crippen LogP contribution in [0.5, 0.6) is 0 Å². The Hall–Kier alpha value is -2.45. The van der Waals surface area contributed by atoms with Gasteiger partial charge in [-0.05, 0) is 48.6 Å². The zero-order chi connectivity index (χ0) is 17.6. The highest BCUT2D eigenvalue weighted by atomic mass is 32.1. The number of hydrogen-bond donors (Lipinski definition) is 1. The van der Waals surface area contributed by atoms with Crippen LogP contribution in [0.2, 0.25) is 0 Å². The highest BCUT2D eigenvalue weighted by molar-refractivity contribution is 7.15. The van der Waals surface area contributed by atoms with E-state index in [1.807, 2.05) is 37.3 Å². The molecule has 1 saturated carbocycles. The van der Waals surface area contributed by atoms with E-state index < -0.39 is 5.54 Å². The predicted octanol–water partition coefficient (Wildman–Crippen LogP) is 3.86. The smallest absolute Gasteiger partial charge is 0.169 e. The third kappa shape index (κ3) is 2.58. The Balaban J connectivity index is 1.81. The van der Waals surface area contributed by atoms with E-state index in [9.17, 15) is 4.79 Å². The van der Waals surface area contributed by atoms with Crippen molar-refractivity contribution in [2.75, 3.05) is 0 Å². The number of nitrogens with zero attached hydrogens (tertiary/aromatic N) is 2. The molecule has 2 aliphatic rings. The van der Waals surface area contributed by atoms with Gasteiger partial charge in [0, 0.05) is 22.1 Å². The molecule has 0 radical (unpaired) electrons. The minimum Gasteiger partial charge on any atom is -0.387 e. The maximum absolute atomic E-state index is 13.1. The molecule has 0 bridgehead atoms. The predicted molar refractivity (Wildman–Crippen MR) is 99.3 cm³/mol. The van der Waals surface area contributed by atoms with Crippen LogP contribution < -0.4 is 5.73 Å². The molecule has 1 aliphatic carbocycles. The Morgan fingerprint density at radius 2 is 2.12 bits per heavy atom. The molecule has 2 aromatic rings. The number of benzene rings is 1. The molecule has 4 rings (SSSR count). The van der Waals surface area contributed by atoms with Gasteiger partial charge in [0.25, 0.3) is 0 Å². The van der Waals surface area contributed by atoms with Crippen LogP contribution >= 0.6 is 11.3 Å². The second-order valence-corrected chi connectivity index (χ2v) is 8.05. The summed E-state index contributed by atoms with van der Waals surface area (Å²) in [5.41, 5.74) is 6.92. The van der Waals surface area contributed by atoms with Gasteiger partial charge in [0.05, 0.1) is 17.5 Å². The van der Waals surface area contributed by atoms with Crippen LogP contribution in [0.25, 0.3) is 10.4 Å². The largest absolute Gasteiger partial charge is 0.387 e. The number of aliphatic imine (C=N–C) groups is 1. The van der Waals surface area contributed by atoms with Gasteiger partial charge in [-0.15, -0.1) is 11.3 Å². The Labute approximate surface area is 151 Å². The lowest BCUT2D eigenvalue weighted by Gasteiger charge is -2.34. The van der Waals surface area contributed by atoms with Gasteiger partial charge in [0.15, 0.2) is 11.3 Å². The van der Waals surface area contributed by atoms with Crippen LogP contribution in [0.15, 0.2) is 41.4 Å². The molecule has 2 heterocycles. The molecule has 1 fully saturated rings. The summed E-state index contributed by atoms with van der Waals surface area (Å²) >= 11 is 1.59. The second-order valence-electron chi connectivity index (χ2n) is 6.97. The van der Waals surface area contributed by atoms with E-state index in [1.54, 1.807) is 17.4 Å². The summed E-state index contributed by atoms with van der Waals surface area (Å²) in [6, 6.07) is 13.8. The first-order valence-corrected chi connectivity index (χ1v) is 9.35. The van der Waals surface area contributed by atoms with Crippen molar-refractivity contribution in [3.05, 3.63) is 46.8 Å². The number of thiophene rings is 1. The molecule has 0 saturated heterocycles. The number of carbonyl (C=O) groups excluding carboxylic acids is 1. The summed E-state index contributed by atoms with van der Waals surface area (Å²) in [7, 11) is 0. The number of nitriles is 1. The average molecular weight is 349 g/mol. The van der Waals surface area contributed by atoms with Crippen LogP contribution in [0.3, 0.4) is 0 Å². The van der Waals surface area contributed by atoms with E-state index in [0.717, 1.165) is 28.2 Å². The Morgan fingerprint density at radius 3 is 2.84 bits per heavy atom. The van der Waals surface area contributed by atoms with Gasteiger partial charge in [-0.1, -0.05) is 19.1 Å². The maximum Gasteiger partial charge on any atom is 0.169 e. The standard InChI is InChI=1S/C20H19N3OS/c1-12-9-18(22)23-20(19(12)24,15-5-6-15)17-8-7-16(25-17)14-4-2-3-13(10-14)11-21/h2-4,7-8,10,12,15H,5-6,9H2,1H3,(H2,22,23). The van der Waals surface area contributed by atoms with Crippen molar-refractivity contribution in [3.8, 4) is 16.5 Å². The van der Waals surface area contributed by atoms with Crippen molar-refractivity contribution >= 4 is 23.0 Å². The average Bonchev–Trinajstić information content (AvgIpc) is 3.35. The van der Waals surface area contributed by atoms with E-state index in [2.05, 4.69) is 6.07 Å². The van der Waals surface area contributed by atoms with Crippen LogP contribution in [0.1, 0.15) is 36.6 Å². The zero-order valence-electron chi connectivity index (χ0n) is 14.0. The minimum atomic E-state index is -0.794. The van der Waals surface area contributed by atoms with Crippen molar-refractivity contribution in [2.45, 2.75) is 31.7 Å². The van der Waals surface area contributed by atoms with Gasteiger partial charge in [-0.2, -0.15) is 5.26 Å². The first-order valence-electron chi connectivity index (χ1n) is 8.54. The minimum absolute atomic E-state index is 0.0921. The molecular weight excluding hydrogens is 330 g/mol. The van der Waals surface area contributed by atoms with Crippen molar-refractivity contribution in [3.63, 3.8) is 0 Å². The fraction of sp³-hybridized carbons (Fsp3) is 0.350. The second kappa shape index (κ2) is 5.82. The number of nitrogens with two attached hydrogens (primary N) is 1. The number of carbonyl (C=O) groups is 1. The summed E-state index contributed by atoms with van der Waals surface area (Å²) in [5.74, 6) is 0.951. The van der Waals surface area contributed by atoms with Gasteiger partial charge in [-0.3, -0.25) is 9.79 Å². The van der Waals surface area contributed by atoms with E-state index in [-0.39, 0.29) is 17.6 Å². The molecule has 0 amide bonds. The van der Waals surface area contributed by atoms with Crippen molar-refractivity contribution in [1.82, 2.24) is 0 Å². The number of hydrogen-bond acceptors (Lipinski definition) is 5. The summed E-state index contributed by atoms with van der Waals surface area (Å²) < 4.78 is 0. The summed E-state index contributed by atoms with van der Waals surface area (Å²) in [6.07, 6.45) is 2.59. The van der Waals surface area contributed by atoms with Crippen LogP contribution in [0.4, 0.5) is 0 Å². The van der Waals surface area contributed by atoms with E-state index in [1.165, 1.54) is 0 Å². The number of Topliss-reactive ketones (excluding diaryl/α,β-unsaturated/α-hetero) is 1. The molecular formula is C20H19N3OS. The van der Waals surface area contributed by atoms with E-state index in [0.29, 0.717) is 17.8 Å². The lowest BCUT2D eigenvalue weighted by atomic mass is 9.78.